The Balaban J connectivity index is 1.91. The molecule has 0 saturated heterocycles. The molecule has 0 fully saturated rings. The maximum Gasteiger partial charge on any atom is 0.253 e. The lowest BCUT2D eigenvalue weighted by atomic mass is 9.93. The van der Waals surface area contributed by atoms with E-state index in [9.17, 15) is 4.79 Å². The van der Waals surface area contributed by atoms with Crippen molar-refractivity contribution in [1.29, 1.82) is 0 Å². The zero-order valence-electron chi connectivity index (χ0n) is 16.4. The molecule has 1 heterocycles. The van der Waals surface area contributed by atoms with E-state index < -0.39 is 0 Å². The molecule has 4 rings (SSSR count). The Morgan fingerprint density at radius 2 is 1.87 bits per heavy atom. The number of fused-ring (bicyclic) bond motifs is 1. The summed E-state index contributed by atoms with van der Waals surface area (Å²) in [5.41, 5.74) is 5.85. The van der Waals surface area contributed by atoms with Crippen LogP contribution in [0, 0.1) is 0 Å². The van der Waals surface area contributed by atoms with E-state index in [4.69, 9.17) is 27.2 Å². The number of halogens is 1. The number of nitrogens with two attached hydrogens (primary N) is 1. The Bertz CT molecular complexity index is 1080. The molecule has 0 aromatic heterocycles. The largest absolute Gasteiger partial charge is 0.497 e. The van der Waals surface area contributed by atoms with Crippen LogP contribution in [-0.4, -0.2) is 30.3 Å². The molecule has 0 aliphatic carbocycles. The van der Waals surface area contributed by atoms with Gasteiger partial charge in [-0.25, -0.2) is 10.8 Å². The van der Waals surface area contributed by atoms with Crippen LogP contribution in [0.5, 0.6) is 5.75 Å². The fourth-order valence-electron chi connectivity index (χ4n) is 3.65. The predicted molar refractivity (Wildman–Crippen MR) is 118 cm³/mol. The molecular formula is C23H21ClN4O2. The lowest BCUT2D eigenvalue weighted by Crippen LogP contribution is -2.46. The van der Waals surface area contributed by atoms with Crippen molar-refractivity contribution in [2.45, 2.75) is 6.04 Å². The number of aliphatic imine (C=N–C) groups is 1. The highest BCUT2D eigenvalue weighted by Crippen LogP contribution is 2.41. The molecule has 152 valence electrons. The Hall–Kier alpha value is -3.35. The topological polar surface area (TPSA) is 80.0 Å². The molecule has 30 heavy (non-hydrogen) atoms. The summed E-state index contributed by atoms with van der Waals surface area (Å²) in [5, 5.41) is 0.612. The summed E-state index contributed by atoms with van der Waals surface area (Å²) in [7, 11) is 1.62. The quantitative estimate of drug-likeness (QED) is 0.373. The van der Waals surface area contributed by atoms with Crippen molar-refractivity contribution in [2.24, 2.45) is 10.8 Å². The number of nitrogens with one attached hydrogen (secondary N) is 1. The fourth-order valence-corrected chi connectivity index (χ4v) is 3.83. The molecule has 3 aromatic rings. The summed E-state index contributed by atoms with van der Waals surface area (Å²) in [5.74, 6) is 6.51. The first-order valence-electron chi connectivity index (χ1n) is 9.44. The van der Waals surface area contributed by atoms with Crippen LogP contribution in [0.1, 0.15) is 22.7 Å². The monoisotopic (exact) mass is 420 g/mol. The van der Waals surface area contributed by atoms with Gasteiger partial charge in [-0.3, -0.25) is 10.2 Å². The number of amides is 1. The second-order valence-corrected chi connectivity index (χ2v) is 7.31. The normalized spacial score (nSPS) is 15.2. The minimum Gasteiger partial charge on any atom is -0.497 e. The smallest absolute Gasteiger partial charge is 0.253 e. The third kappa shape index (κ3) is 3.87. The zero-order chi connectivity index (χ0) is 21.1. The molecule has 1 amide bonds. The third-order valence-electron chi connectivity index (χ3n) is 5.03. The minimum atomic E-state index is -0.317. The molecule has 0 bridgehead atoms. The highest BCUT2D eigenvalue weighted by molar-refractivity contribution is 6.30. The molecule has 1 atom stereocenters. The number of methoxy groups -OCH3 is 1. The maximum atomic E-state index is 12.3. The molecule has 0 unspecified atom stereocenters. The Morgan fingerprint density at radius 3 is 2.53 bits per heavy atom. The van der Waals surface area contributed by atoms with Gasteiger partial charge in [0.25, 0.3) is 5.91 Å². The first kappa shape index (κ1) is 19.9. The van der Waals surface area contributed by atoms with Gasteiger partial charge in [0.05, 0.1) is 18.8 Å². The summed E-state index contributed by atoms with van der Waals surface area (Å²) >= 11 is 6.32. The van der Waals surface area contributed by atoms with Crippen molar-refractivity contribution >= 4 is 29.0 Å². The van der Waals surface area contributed by atoms with Crippen LogP contribution in [0.2, 0.25) is 5.02 Å². The average Bonchev–Trinajstić information content (AvgIpc) is 2.79. The van der Waals surface area contributed by atoms with Crippen LogP contribution in [0.25, 0.3) is 0 Å². The number of amidine groups is 1. The van der Waals surface area contributed by atoms with Crippen molar-refractivity contribution in [2.75, 3.05) is 13.7 Å². The van der Waals surface area contributed by atoms with Crippen molar-refractivity contribution in [3.05, 3.63) is 94.5 Å². The van der Waals surface area contributed by atoms with E-state index in [0.717, 1.165) is 28.1 Å². The van der Waals surface area contributed by atoms with Gasteiger partial charge < -0.3 is 9.64 Å². The number of carbonyl (C=O) groups excluding carboxylic acids is 1. The van der Waals surface area contributed by atoms with E-state index in [-0.39, 0.29) is 18.5 Å². The minimum absolute atomic E-state index is 0.0346. The Kier molecular flexibility index (Phi) is 5.70. The van der Waals surface area contributed by atoms with Gasteiger partial charge in [0.2, 0.25) is 0 Å². The standard InChI is InChI=1S/C23H21ClN4O2/c1-30-18-10-7-16(8-11-18)23-26-20-12-9-17(24)13-19(20)22(15-5-3-2-4-6-15)28(23)14-21(29)27-25/h2-13,22H,14,25H2,1H3,(H,27,29)/t22-/m1/s1. The number of carbonyl (C=O) groups is 1. The molecular weight excluding hydrogens is 400 g/mol. The molecule has 0 spiro atoms. The lowest BCUT2D eigenvalue weighted by molar-refractivity contribution is -0.121. The van der Waals surface area contributed by atoms with Crippen molar-refractivity contribution in [3.8, 4) is 5.75 Å². The fraction of sp³-hybridized carbons (Fsp3) is 0.130. The number of ether oxygens (including phenoxy) is 1. The first-order chi connectivity index (χ1) is 14.6. The van der Waals surface area contributed by atoms with Crippen LogP contribution >= 0.6 is 11.6 Å². The van der Waals surface area contributed by atoms with Gasteiger partial charge in [-0.2, -0.15) is 0 Å². The van der Waals surface area contributed by atoms with Crippen molar-refractivity contribution in [3.63, 3.8) is 0 Å². The van der Waals surface area contributed by atoms with Crippen LogP contribution < -0.4 is 16.0 Å². The molecule has 3 aromatic carbocycles. The maximum absolute atomic E-state index is 12.3. The molecule has 0 radical (unpaired) electrons. The molecule has 3 N–H and O–H groups in total. The summed E-state index contributed by atoms with van der Waals surface area (Å²) in [6.07, 6.45) is 0. The summed E-state index contributed by atoms with van der Waals surface area (Å²) in [6, 6.07) is 22.9. The summed E-state index contributed by atoms with van der Waals surface area (Å²) < 4.78 is 5.28. The van der Waals surface area contributed by atoms with Gasteiger partial charge in [0.15, 0.2) is 0 Å². The zero-order valence-corrected chi connectivity index (χ0v) is 17.1. The summed E-state index contributed by atoms with van der Waals surface area (Å²) in [4.78, 5) is 19.2. The highest BCUT2D eigenvalue weighted by atomic mass is 35.5. The predicted octanol–water partition coefficient (Wildman–Crippen LogP) is 3.82. The molecule has 7 heteroatoms. The van der Waals surface area contributed by atoms with Gasteiger partial charge in [-0.15, -0.1) is 0 Å². The lowest BCUT2D eigenvalue weighted by Gasteiger charge is -2.38. The van der Waals surface area contributed by atoms with Gasteiger partial charge in [0.1, 0.15) is 18.1 Å². The number of hydrogen-bond acceptors (Lipinski definition) is 5. The van der Waals surface area contributed by atoms with Crippen LogP contribution in [-0.2, 0) is 4.79 Å². The van der Waals surface area contributed by atoms with Crippen LogP contribution in [0.4, 0.5) is 5.69 Å². The number of benzene rings is 3. The molecule has 6 nitrogen and oxygen atoms in total. The SMILES string of the molecule is COc1ccc(C2=Nc3ccc(Cl)cc3[C@@H](c3ccccc3)N2CC(=O)NN)cc1. The number of rotatable bonds is 5. The molecule has 0 saturated carbocycles. The van der Waals surface area contributed by atoms with E-state index in [1.165, 1.54) is 0 Å². The van der Waals surface area contributed by atoms with Crippen molar-refractivity contribution in [1.82, 2.24) is 10.3 Å². The van der Waals surface area contributed by atoms with Gasteiger partial charge in [0, 0.05) is 16.1 Å². The van der Waals surface area contributed by atoms with Gasteiger partial charge >= 0.3 is 0 Å². The number of hydrazine groups is 1. The highest BCUT2D eigenvalue weighted by Gasteiger charge is 2.33. The second kappa shape index (κ2) is 8.57. The van der Waals surface area contributed by atoms with E-state index >= 15 is 0 Å². The Morgan fingerprint density at radius 1 is 1.13 bits per heavy atom. The van der Waals surface area contributed by atoms with Crippen LogP contribution in [0.15, 0.2) is 77.8 Å². The molecule has 1 aliphatic heterocycles. The second-order valence-electron chi connectivity index (χ2n) is 6.88. The third-order valence-corrected chi connectivity index (χ3v) is 5.27. The molecule has 1 aliphatic rings. The number of hydrogen-bond donors (Lipinski definition) is 2. The number of nitrogens with zero attached hydrogens (tertiary/aromatic N) is 2. The van der Waals surface area contributed by atoms with Gasteiger partial charge in [-0.1, -0.05) is 41.9 Å². The van der Waals surface area contributed by atoms with Crippen LogP contribution in [0.3, 0.4) is 0 Å². The average molecular weight is 421 g/mol. The summed E-state index contributed by atoms with van der Waals surface area (Å²) in [6.45, 7) is 0.0346. The van der Waals surface area contributed by atoms with E-state index in [2.05, 4.69) is 5.43 Å². The van der Waals surface area contributed by atoms with E-state index in [0.29, 0.717) is 10.9 Å². The Labute approximate surface area is 179 Å². The van der Waals surface area contributed by atoms with Gasteiger partial charge in [-0.05, 0) is 48.0 Å². The van der Waals surface area contributed by atoms with E-state index in [1.54, 1.807) is 7.11 Å². The first-order valence-corrected chi connectivity index (χ1v) is 9.82. The van der Waals surface area contributed by atoms with E-state index in [1.807, 2.05) is 77.7 Å². The van der Waals surface area contributed by atoms with Crippen molar-refractivity contribution < 1.29 is 9.53 Å².